The second-order valence-electron chi connectivity index (χ2n) is 7.88. The van der Waals surface area contributed by atoms with E-state index in [1.807, 2.05) is 37.7 Å². The largest absolute Gasteiger partial charge is 0.382 e. The van der Waals surface area contributed by atoms with E-state index in [-0.39, 0.29) is 24.0 Å². The van der Waals surface area contributed by atoms with Crippen LogP contribution >= 0.6 is 24.0 Å². The van der Waals surface area contributed by atoms with Gasteiger partial charge in [0.15, 0.2) is 11.8 Å². The molecule has 3 heterocycles. The van der Waals surface area contributed by atoms with E-state index in [0.29, 0.717) is 12.6 Å². The number of nitrogens with zero attached hydrogens (tertiary/aromatic N) is 6. The van der Waals surface area contributed by atoms with E-state index in [4.69, 9.17) is 9.73 Å². The summed E-state index contributed by atoms with van der Waals surface area (Å²) >= 11 is 0. The zero-order valence-corrected chi connectivity index (χ0v) is 21.8. The Balaban J connectivity index is 0.00000363. The molecule has 3 rings (SSSR count). The highest BCUT2D eigenvalue weighted by molar-refractivity contribution is 14.0. The Morgan fingerprint density at radius 2 is 2.06 bits per heavy atom. The van der Waals surface area contributed by atoms with Crippen LogP contribution in [0.4, 0.5) is 0 Å². The van der Waals surface area contributed by atoms with Crippen molar-refractivity contribution in [3.8, 4) is 0 Å². The molecule has 0 aliphatic carbocycles. The number of hydrogen-bond donors (Lipinski definition) is 2. The Morgan fingerprint density at radius 3 is 2.72 bits per heavy atom. The average molecular weight is 556 g/mol. The highest BCUT2D eigenvalue weighted by atomic mass is 127. The molecule has 1 aliphatic rings. The van der Waals surface area contributed by atoms with Crippen LogP contribution in [-0.4, -0.2) is 69.5 Å². The highest BCUT2D eigenvalue weighted by Gasteiger charge is 2.20. The molecule has 0 bridgehead atoms. The van der Waals surface area contributed by atoms with E-state index in [1.165, 1.54) is 0 Å². The van der Waals surface area contributed by atoms with Gasteiger partial charge in [-0.2, -0.15) is 0 Å². The number of nitrogens with one attached hydrogen (secondary N) is 2. The van der Waals surface area contributed by atoms with Crippen molar-refractivity contribution in [2.45, 2.75) is 52.2 Å². The lowest BCUT2D eigenvalue weighted by Gasteiger charge is -2.33. The summed E-state index contributed by atoms with van der Waals surface area (Å²) in [6.45, 7) is 9.80. The predicted molar refractivity (Wildman–Crippen MR) is 137 cm³/mol. The lowest BCUT2D eigenvalue weighted by molar-refractivity contribution is 0.145. The van der Waals surface area contributed by atoms with Crippen molar-refractivity contribution in [2.24, 2.45) is 12.0 Å². The maximum Gasteiger partial charge on any atom is 0.191 e. The molecular formula is C22H37IN8O. The zero-order chi connectivity index (χ0) is 21.9. The van der Waals surface area contributed by atoms with Gasteiger partial charge < -0.3 is 19.9 Å². The van der Waals surface area contributed by atoms with Gasteiger partial charge >= 0.3 is 0 Å². The molecule has 1 aliphatic heterocycles. The number of aromatic nitrogens is 4. The number of likely N-dealkylation sites (tertiary alicyclic amines) is 1. The van der Waals surface area contributed by atoms with Gasteiger partial charge in [-0.3, -0.25) is 9.88 Å². The molecule has 0 unspecified atom stereocenters. The number of aliphatic imine (C=N–C) groups is 1. The molecule has 1 saturated heterocycles. The van der Waals surface area contributed by atoms with Crippen LogP contribution in [0, 0.1) is 6.92 Å². The maximum atomic E-state index is 5.44. The van der Waals surface area contributed by atoms with Gasteiger partial charge in [-0.1, -0.05) is 6.07 Å². The molecule has 0 amide bonds. The van der Waals surface area contributed by atoms with Gasteiger partial charge in [0.2, 0.25) is 0 Å². The number of aryl methyl sites for hydroxylation is 1. The molecule has 2 aromatic heterocycles. The molecule has 178 valence electrons. The number of guanidine groups is 1. The topological polar surface area (TPSA) is 92.5 Å². The second kappa shape index (κ2) is 14.4. The molecule has 1 fully saturated rings. The van der Waals surface area contributed by atoms with Crippen molar-refractivity contribution in [3.05, 3.63) is 41.7 Å². The van der Waals surface area contributed by atoms with E-state index in [2.05, 4.69) is 42.8 Å². The minimum Gasteiger partial charge on any atom is -0.382 e. The van der Waals surface area contributed by atoms with Crippen LogP contribution in [0.2, 0.25) is 0 Å². The highest BCUT2D eigenvalue weighted by Crippen LogP contribution is 2.13. The summed E-state index contributed by atoms with van der Waals surface area (Å²) in [6.07, 6.45) is 4.97. The molecule has 2 aromatic rings. The smallest absolute Gasteiger partial charge is 0.191 e. The Labute approximate surface area is 208 Å². The van der Waals surface area contributed by atoms with Crippen molar-refractivity contribution in [2.75, 3.05) is 32.8 Å². The minimum absolute atomic E-state index is 0. The van der Waals surface area contributed by atoms with Gasteiger partial charge in [-0.05, 0) is 45.2 Å². The van der Waals surface area contributed by atoms with E-state index in [9.17, 15) is 0 Å². The standard InChI is InChI=1S/C22H36N8O.HI/c1-4-31-15-7-12-24-22(25-16-21-28-27-18(2)29(21)3)26-19-9-13-30(14-10-19)17-20-8-5-6-11-23-20;/h5-6,8,11,19H,4,7,9-10,12-17H2,1-3H3,(H2,24,25,26);1H. The van der Waals surface area contributed by atoms with Gasteiger partial charge in [-0.25, -0.2) is 4.99 Å². The number of halogens is 1. The molecular weight excluding hydrogens is 519 g/mol. The molecule has 0 aromatic carbocycles. The molecule has 32 heavy (non-hydrogen) atoms. The third-order valence-electron chi connectivity index (χ3n) is 5.56. The molecule has 2 N–H and O–H groups in total. The number of rotatable bonds is 10. The van der Waals surface area contributed by atoms with Crippen LogP contribution in [0.25, 0.3) is 0 Å². The SMILES string of the molecule is CCOCCCNC(=NCc1nnc(C)n1C)NC1CCN(Cc2ccccn2)CC1.I. The fraction of sp³-hybridized carbons (Fsp3) is 0.636. The first-order chi connectivity index (χ1) is 15.2. The number of piperidine rings is 1. The number of hydrogen-bond acceptors (Lipinski definition) is 6. The molecule has 0 atom stereocenters. The molecule has 9 nitrogen and oxygen atoms in total. The van der Waals surface area contributed by atoms with Gasteiger partial charge in [0.1, 0.15) is 12.4 Å². The normalized spacial score (nSPS) is 15.4. The van der Waals surface area contributed by atoms with Crippen molar-refractivity contribution < 1.29 is 4.74 Å². The average Bonchev–Trinajstić information content (AvgIpc) is 3.11. The first-order valence-corrected chi connectivity index (χ1v) is 11.3. The first kappa shape index (κ1) is 26.5. The van der Waals surface area contributed by atoms with E-state index >= 15 is 0 Å². The van der Waals surface area contributed by atoms with E-state index in [0.717, 1.165) is 82.0 Å². The van der Waals surface area contributed by atoms with Gasteiger partial charge in [-0.15, -0.1) is 34.2 Å². The first-order valence-electron chi connectivity index (χ1n) is 11.3. The fourth-order valence-corrected chi connectivity index (χ4v) is 3.57. The van der Waals surface area contributed by atoms with Gasteiger partial charge in [0.25, 0.3) is 0 Å². The van der Waals surface area contributed by atoms with Crippen molar-refractivity contribution in [1.82, 2.24) is 35.3 Å². The molecule has 0 spiro atoms. The van der Waals surface area contributed by atoms with Crippen molar-refractivity contribution in [1.29, 1.82) is 0 Å². The van der Waals surface area contributed by atoms with Crippen LogP contribution in [0.1, 0.15) is 43.5 Å². The minimum atomic E-state index is 0. The van der Waals surface area contributed by atoms with Crippen LogP contribution in [0.5, 0.6) is 0 Å². The number of ether oxygens (including phenoxy) is 1. The second-order valence-corrected chi connectivity index (χ2v) is 7.88. The quantitative estimate of drug-likeness (QED) is 0.201. The van der Waals surface area contributed by atoms with Crippen LogP contribution in [-0.2, 0) is 24.9 Å². The summed E-state index contributed by atoms with van der Waals surface area (Å²) in [6, 6.07) is 6.51. The summed E-state index contributed by atoms with van der Waals surface area (Å²) in [5, 5.41) is 15.4. The van der Waals surface area contributed by atoms with Gasteiger partial charge in [0, 0.05) is 58.7 Å². The monoisotopic (exact) mass is 556 g/mol. The Kier molecular flexibility index (Phi) is 11.9. The van der Waals surface area contributed by atoms with E-state index in [1.54, 1.807) is 0 Å². The summed E-state index contributed by atoms with van der Waals surface area (Å²) in [5.41, 5.74) is 1.13. The van der Waals surface area contributed by atoms with Crippen molar-refractivity contribution >= 4 is 29.9 Å². The Morgan fingerprint density at radius 1 is 1.25 bits per heavy atom. The van der Waals surface area contributed by atoms with Crippen molar-refractivity contribution in [3.63, 3.8) is 0 Å². The third-order valence-corrected chi connectivity index (χ3v) is 5.56. The lowest BCUT2D eigenvalue weighted by Crippen LogP contribution is -2.48. The van der Waals surface area contributed by atoms with Crippen LogP contribution < -0.4 is 10.6 Å². The zero-order valence-electron chi connectivity index (χ0n) is 19.5. The lowest BCUT2D eigenvalue weighted by atomic mass is 10.0. The molecule has 0 saturated carbocycles. The summed E-state index contributed by atoms with van der Waals surface area (Å²) in [5.74, 6) is 2.59. The summed E-state index contributed by atoms with van der Waals surface area (Å²) in [7, 11) is 1.97. The molecule has 10 heteroatoms. The third kappa shape index (κ3) is 8.62. The maximum absolute atomic E-state index is 5.44. The molecule has 0 radical (unpaired) electrons. The predicted octanol–water partition coefficient (Wildman–Crippen LogP) is 2.26. The van der Waals surface area contributed by atoms with E-state index < -0.39 is 0 Å². The van der Waals surface area contributed by atoms with Gasteiger partial charge in [0.05, 0.1) is 5.69 Å². The Hall–Kier alpha value is -1.79. The Bertz CT molecular complexity index is 806. The fourth-order valence-electron chi connectivity index (χ4n) is 3.57. The number of pyridine rings is 1. The summed E-state index contributed by atoms with van der Waals surface area (Å²) < 4.78 is 7.42. The summed E-state index contributed by atoms with van der Waals surface area (Å²) in [4.78, 5) is 11.7. The van der Waals surface area contributed by atoms with Crippen LogP contribution in [0.3, 0.4) is 0 Å². The van der Waals surface area contributed by atoms with Crippen LogP contribution in [0.15, 0.2) is 29.4 Å².